The minimum atomic E-state index is -0.285. The molecular weight excluding hydrogens is 269 g/mol. The van der Waals surface area contributed by atoms with E-state index in [1.165, 1.54) is 12.1 Å². The molecule has 2 aromatic rings. The summed E-state index contributed by atoms with van der Waals surface area (Å²) in [4.78, 5) is 0. The highest BCUT2D eigenvalue weighted by molar-refractivity contribution is 5.39. The van der Waals surface area contributed by atoms with E-state index >= 15 is 0 Å². The van der Waals surface area contributed by atoms with Crippen molar-refractivity contribution in [1.82, 2.24) is 5.32 Å². The van der Waals surface area contributed by atoms with Crippen LogP contribution in [0.4, 0.5) is 4.39 Å². The van der Waals surface area contributed by atoms with Crippen molar-refractivity contribution in [2.75, 3.05) is 0 Å². The van der Waals surface area contributed by atoms with Gasteiger partial charge in [-0.1, -0.05) is 26.0 Å². The lowest BCUT2D eigenvalue weighted by Gasteiger charge is -2.14. The van der Waals surface area contributed by atoms with Crippen molar-refractivity contribution >= 4 is 0 Å². The van der Waals surface area contributed by atoms with Gasteiger partial charge in [0.25, 0.3) is 0 Å². The van der Waals surface area contributed by atoms with Crippen LogP contribution in [-0.4, -0.2) is 11.1 Å². The Kier molecular flexibility index (Phi) is 5.31. The zero-order valence-electron chi connectivity index (χ0n) is 12.3. The third kappa shape index (κ3) is 4.55. The van der Waals surface area contributed by atoms with Gasteiger partial charge in [-0.2, -0.15) is 0 Å². The Balaban J connectivity index is 2.21. The summed E-state index contributed by atoms with van der Waals surface area (Å²) in [6.45, 7) is 4.56. The molecule has 3 nitrogen and oxygen atoms in total. The number of aliphatic hydroxyl groups excluding tert-OH is 1. The molecule has 0 fully saturated rings. The SMILES string of the molecule is CC(C)NCc1cc(F)ccc1Oc1cccc(CO)c1. The van der Waals surface area contributed by atoms with E-state index in [1.54, 1.807) is 12.1 Å². The first-order valence-electron chi connectivity index (χ1n) is 6.98. The quantitative estimate of drug-likeness (QED) is 0.853. The van der Waals surface area contributed by atoms with Gasteiger partial charge in [-0.25, -0.2) is 4.39 Å². The number of rotatable bonds is 6. The second-order valence-corrected chi connectivity index (χ2v) is 5.20. The van der Waals surface area contributed by atoms with Crippen LogP contribution in [0.25, 0.3) is 0 Å². The van der Waals surface area contributed by atoms with E-state index in [2.05, 4.69) is 5.32 Å². The first kappa shape index (κ1) is 15.5. The summed E-state index contributed by atoms with van der Waals surface area (Å²) in [5, 5.41) is 12.4. The van der Waals surface area contributed by atoms with Crippen molar-refractivity contribution in [2.24, 2.45) is 0 Å². The number of hydrogen-bond donors (Lipinski definition) is 2. The zero-order chi connectivity index (χ0) is 15.2. The van der Waals surface area contributed by atoms with Gasteiger partial charge in [-0.05, 0) is 35.9 Å². The predicted octanol–water partition coefficient (Wildman–Crippen LogP) is 3.61. The highest BCUT2D eigenvalue weighted by atomic mass is 19.1. The Labute approximate surface area is 124 Å². The number of ether oxygens (including phenoxy) is 1. The summed E-state index contributed by atoms with van der Waals surface area (Å²) >= 11 is 0. The normalized spacial score (nSPS) is 10.9. The van der Waals surface area contributed by atoms with Gasteiger partial charge >= 0.3 is 0 Å². The molecule has 21 heavy (non-hydrogen) atoms. The van der Waals surface area contributed by atoms with E-state index < -0.39 is 0 Å². The Morgan fingerprint density at radius 2 is 2.00 bits per heavy atom. The highest BCUT2D eigenvalue weighted by Crippen LogP contribution is 2.27. The molecule has 0 radical (unpaired) electrons. The maximum atomic E-state index is 13.4. The summed E-state index contributed by atoms with van der Waals surface area (Å²) < 4.78 is 19.2. The molecule has 0 aliphatic carbocycles. The van der Waals surface area contributed by atoms with Gasteiger partial charge in [0, 0.05) is 18.2 Å². The van der Waals surface area contributed by atoms with Gasteiger partial charge < -0.3 is 15.2 Å². The van der Waals surface area contributed by atoms with Crippen LogP contribution in [-0.2, 0) is 13.2 Å². The summed E-state index contributed by atoms with van der Waals surface area (Å²) in [5.74, 6) is 0.950. The fourth-order valence-corrected chi connectivity index (χ4v) is 1.93. The number of hydrogen-bond acceptors (Lipinski definition) is 3. The second-order valence-electron chi connectivity index (χ2n) is 5.20. The van der Waals surface area contributed by atoms with Gasteiger partial charge in [0.15, 0.2) is 0 Å². The van der Waals surface area contributed by atoms with Crippen molar-refractivity contribution in [2.45, 2.75) is 33.0 Å². The first-order valence-corrected chi connectivity index (χ1v) is 6.98. The molecule has 0 aliphatic heterocycles. The minimum Gasteiger partial charge on any atom is -0.457 e. The first-order chi connectivity index (χ1) is 10.1. The van der Waals surface area contributed by atoms with Crippen LogP contribution in [0.15, 0.2) is 42.5 Å². The molecule has 0 heterocycles. The topological polar surface area (TPSA) is 41.5 Å². The molecule has 112 valence electrons. The van der Waals surface area contributed by atoms with Gasteiger partial charge in [0.2, 0.25) is 0 Å². The molecule has 2 rings (SSSR count). The standard InChI is InChI=1S/C17H20FNO2/c1-12(2)19-10-14-9-15(18)6-7-17(14)21-16-5-3-4-13(8-16)11-20/h3-9,12,19-20H,10-11H2,1-2H3. The number of aliphatic hydroxyl groups is 1. The minimum absolute atomic E-state index is 0.0393. The Morgan fingerprint density at radius 3 is 2.71 bits per heavy atom. The monoisotopic (exact) mass is 289 g/mol. The van der Waals surface area contributed by atoms with E-state index in [-0.39, 0.29) is 12.4 Å². The predicted molar refractivity (Wildman–Crippen MR) is 80.8 cm³/mol. The van der Waals surface area contributed by atoms with E-state index in [4.69, 9.17) is 9.84 Å². The van der Waals surface area contributed by atoms with Crippen LogP contribution < -0.4 is 10.1 Å². The summed E-state index contributed by atoms with van der Waals surface area (Å²) in [7, 11) is 0. The summed E-state index contributed by atoms with van der Waals surface area (Å²) in [6.07, 6.45) is 0. The van der Waals surface area contributed by atoms with Crippen molar-refractivity contribution in [1.29, 1.82) is 0 Å². The zero-order valence-corrected chi connectivity index (χ0v) is 12.3. The molecule has 0 saturated heterocycles. The van der Waals surface area contributed by atoms with E-state index in [0.29, 0.717) is 24.1 Å². The lowest BCUT2D eigenvalue weighted by molar-refractivity contribution is 0.281. The molecular formula is C17H20FNO2. The molecule has 0 bridgehead atoms. The van der Waals surface area contributed by atoms with Crippen LogP contribution in [0, 0.1) is 5.82 Å². The lowest BCUT2D eigenvalue weighted by Crippen LogP contribution is -2.22. The molecule has 0 atom stereocenters. The van der Waals surface area contributed by atoms with Crippen LogP contribution in [0.1, 0.15) is 25.0 Å². The van der Waals surface area contributed by atoms with Gasteiger partial charge in [0.05, 0.1) is 6.61 Å². The van der Waals surface area contributed by atoms with E-state index in [1.807, 2.05) is 32.0 Å². The summed E-state index contributed by atoms with van der Waals surface area (Å²) in [5.41, 5.74) is 1.54. The van der Waals surface area contributed by atoms with E-state index in [0.717, 1.165) is 11.1 Å². The Morgan fingerprint density at radius 1 is 1.19 bits per heavy atom. The van der Waals surface area contributed by atoms with Crippen LogP contribution in [0.2, 0.25) is 0 Å². The summed E-state index contributed by atoms with van der Waals surface area (Å²) in [6, 6.07) is 12.0. The molecule has 0 aliphatic rings. The lowest BCUT2D eigenvalue weighted by atomic mass is 10.1. The van der Waals surface area contributed by atoms with Crippen molar-refractivity contribution < 1.29 is 14.2 Å². The highest BCUT2D eigenvalue weighted by Gasteiger charge is 2.08. The molecule has 0 aromatic heterocycles. The van der Waals surface area contributed by atoms with Gasteiger partial charge in [-0.3, -0.25) is 0 Å². The van der Waals surface area contributed by atoms with Crippen molar-refractivity contribution in [3.63, 3.8) is 0 Å². The second kappa shape index (κ2) is 7.20. The maximum Gasteiger partial charge on any atom is 0.132 e. The molecule has 4 heteroatoms. The molecule has 0 amide bonds. The number of halogens is 1. The van der Waals surface area contributed by atoms with Crippen LogP contribution in [0.5, 0.6) is 11.5 Å². The fraction of sp³-hybridized carbons (Fsp3) is 0.294. The average Bonchev–Trinajstić information content (AvgIpc) is 2.47. The fourth-order valence-electron chi connectivity index (χ4n) is 1.93. The van der Waals surface area contributed by atoms with Crippen LogP contribution >= 0.6 is 0 Å². The molecule has 2 N–H and O–H groups in total. The van der Waals surface area contributed by atoms with Crippen molar-refractivity contribution in [3.05, 3.63) is 59.4 Å². The number of nitrogens with one attached hydrogen (secondary N) is 1. The third-order valence-corrected chi connectivity index (χ3v) is 3.03. The smallest absolute Gasteiger partial charge is 0.132 e. The van der Waals surface area contributed by atoms with Crippen molar-refractivity contribution in [3.8, 4) is 11.5 Å². The van der Waals surface area contributed by atoms with Gasteiger partial charge in [0.1, 0.15) is 17.3 Å². The number of benzene rings is 2. The molecule has 0 unspecified atom stereocenters. The van der Waals surface area contributed by atoms with E-state index in [9.17, 15) is 4.39 Å². The van der Waals surface area contributed by atoms with Gasteiger partial charge in [-0.15, -0.1) is 0 Å². The molecule has 2 aromatic carbocycles. The average molecular weight is 289 g/mol. The van der Waals surface area contributed by atoms with Crippen LogP contribution in [0.3, 0.4) is 0 Å². The third-order valence-electron chi connectivity index (χ3n) is 3.03. The largest absolute Gasteiger partial charge is 0.457 e. The molecule has 0 spiro atoms. The Bertz CT molecular complexity index is 599. The maximum absolute atomic E-state index is 13.4. The Hall–Kier alpha value is -1.91. The molecule has 0 saturated carbocycles.